The Balaban J connectivity index is 1.23. The number of para-hydroxylation sites is 1. The quantitative estimate of drug-likeness (QED) is 0.356. The summed E-state index contributed by atoms with van der Waals surface area (Å²) in [6, 6.07) is 9.02. The average Bonchev–Trinajstić information content (AvgIpc) is 3.49. The molecule has 1 aliphatic heterocycles. The van der Waals surface area contributed by atoms with Crippen molar-refractivity contribution in [2.24, 2.45) is 35.5 Å². The van der Waals surface area contributed by atoms with Gasteiger partial charge in [0.05, 0.1) is 11.8 Å². The van der Waals surface area contributed by atoms with E-state index in [0.29, 0.717) is 23.1 Å². The summed E-state index contributed by atoms with van der Waals surface area (Å²) in [6.07, 6.45) is 6.99. The van der Waals surface area contributed by atoms with E-state index in [4.69, 9.17) is 4.74 Å². The highest BCUT2D eigenvalue weighted by Gasteiger charge is 2.67. The van der Waals surface area contributed by atoms with Crippen LogP contribution in [0.5, 0.6) is 5.75 Å². The Kier molecular flexibility index (Phi) is 3.14. The maximum atomic E-state index is 13.0. The van der Waals surface area contributed by atoms with Gasteiger partial charge in [-0.1, -0.05) is 30.4 Å². The molecule has 0 spiro atoms. The average molecular weight is 374 g/mol. The Morgan fingerprint density at radius 1 is 1.04 bits per heavy atom. The van der Waals surface area contributed by atoms with E-state index in [1.807, 2.05) is 18.2 Å². The van der Waals surface area contributed by atoms with Gasteiger partial charge in [0.2, 0.25) is 11.8 Å². The maximum Gasteiger partial charge on any atom is 0.331 e. The lowest BCUT2D eigenvalue weighted by atomic mass is 9.63. The fraction of sp³-hybridized carbons (Fsp3) is 0.364. The molecule has 28 heavy (non-hydrogen) atoms. The van der Waals surface area contributed by atoms with Crippen LogP contribution in [0.15, 0.2) is 48.7 Å². The van der Waals surface area contributed by atoms with Crippen molar-refractivity contribution >= 4 is 28.7 Å². The molecule has 4 aliphatic carbocycles. The number of likely N-dealkylation sites (tertiary alicyclic amines) is 1. The van der Waals surface area contributed by atoms with Gasteiger partial charge in [-0.2, -0.15) is 0 Å². The van der Waals surface area contributed by atoms with Crippen LogP contribution >= 0.6 is 0 Å². The van der Waals surface area contributed by atoms with E-state index in [0.717, 1.165) is 16.7 Å². The van der Waals surface area contributed by atoms with E-state index in [2.05, 4.69) is 17.1 Å². The predicted octanol–water partition coefficient (Wildman–Crippen LogP) is 2.19. The predicted molar refractivity (Wildman–Crippen MR) is 98.8 cm³/mol. The van der Waals surface area contributed by atoms with E-state index >= 15 is 0 Å². The molecule has 0 unspecified atom stereocenters. The van der Waals surface area contributed by atoms with E-state index in [1.165, 1.54) is 0 Å². The number of hydrogen-bond donors (Lipinski definition) is 0. The van der Waals surface area contributed by atoms with Crippen LogP contribution in [-0.2, 0) is 14.4 Å². The molecule has 2 amide bonds. The first-order chi connectivity index (χ1) is 13.6. The number of hydrogen-bond acceptors (Lipinski definition) is 5. The van der Waals surface area contributed by atoms with Gasteiger partial charge in [0.1, 0.15) is 12.1 Å². The Labute approximate surface area is 161 Å². The number of aromatic nitrogens is 1. The number of amides is 2. The normalized spacial score (nSPS) is 34.5. The third kappa shape index (κ3) is 2.08. The second kappa shape index (κ2) is 5.50. The monoisotopic (exact) mass is 374 g/mol. The van der Waals surface area contributed by atoms with Gasteiger partial charge in [0.15, 0.2) is 5.75 Å². The molecule has 140 valence electrons. The molecular formula is C22H18N2O4. The summed E-state index contributed by atoms with van der Waals surface area (Å²) in [7, 11) is 0. The lowest BCUT2D eigenvalue weighted by Crippen LogP contribution is -2.40. The molecule has 2 aromatic rings. The molecule has 6 atom stereocenters. The largest absolute Gasteiger partial charge is 0.423 e. The van der Waals surface area contributed by atoms with Gasteiger partial charge >= 0.3 is 5.97 Å². The minimum atomic E-state index is -0.621. The summed E-state index contributed by atoms with van der Waals surface area (Å²) in [5.74, 6) is 0.0892. The van der Waals surface area contributed by atoms with Crippen LogP contribution in [0, 0.1) is 35.5 Å². The van der Waals surface area contributed by atoms with E-state index in [9.17, 15) is 14.4 Å². The van der Waals surface area contributed by atoms with Crippen LogP contribution < -0.4 is 4.74 Å². The van der Waals surface area contributed by atoms with Crippen LogP contribution in [0.25, 0.3) is 10.9 Å². The van der Waals surface area contributed by atoms with Gasteiger partial charge in [0.25, 0.3) is 0 Å². The van der Waals surface area contributed by atoms with Crippen molar-refractivity contribution in [3.63, 3.8) is 0 Å². The minimum absolute atomic E-state index is 0.153. The number of nitrogens with zero attached hydrogens (tertiary/aromatic N) is 2. The Hall–Kier alpha value is -3.02. The van der Waals surface area contributed by atoms with Gasteiger partial charge in [-0.05, 0) is 42.2 Å². The smallest absolute Gasteiger partial charge is 0.331 e. The fourth-order valence-electron chi connectivity index (χ4n) is 5.62. The van der Waals surface area contributed by atoms with Gasteiger partial charge in [-0.25, -0.2) is 4.79 Å². The van der Waals surface area contributed by atoms with Crippen molar-refractivity contribution in [2.75, 3.05) is 6.54 Å². The van der Waals surface area contributed by atoms with Gasteiger partial charge in [-0.3, -0.25) is 19.5 Å². The number of fused-ring (bicyclic) bond motifs is 1. The molecule has 2 heterocycles. The van der Waals surface area contributed by atoms with Crippen LogP contribution in [-0.4, -0.2) is 34.2 Å². The molecule has 0 radical (unpaired) electrons. The molecule has 2 bridgehead atoms. The summed E-state index contributed by atoms with van der Waals surface area (Å²) < 4.78 is 5.48. The fourth-order valence-corrected chi connectivity index (χ4v) is 5.62. The lowest BCUT2D eigenvalue weighted by Gasteiger charge is -2.37. The molecular weight excluding hydrogens is 356 g/mol. The minimum Gasteiger partial charge on any atom is -0.423 e. The summed E-state index contributed by atoms with van der Waals surface area (Å²) in [6.45, 7) is -0.345. The standard InChI is InChI=1S/C22H18N2O4/c25-17(28-16-5-1-3-11-4-2-8-23-20(11)16)10-24-21(26)18-12-6-7-13(15-9-14(12)15)19(18)22(24)27/h1-8,12-15,18-19H,9-10H2/t12-,13-,14-,15-,18-,19+/m0/s1. The van der Waals surface area contributed by atoms with Crippen molar-refractivity contribution in [1.82, 2.24) is 9.88 Å². The van der Waals surface area contributed by atoms with Gasteiger partial charge in [0, 0.05) is 11.6 Å². The van der Waals surface area contributed by atoms with Crippen molar-refractivity contribution < 1.29 is 19.1 Å². The summed E-state index contributed by atoms with van der Waals surface area (Å²) in [5.41, 5.74) is 0.577. The number of esters is 1. The summed E-state index contributed by atoms with van der Waals surface area (Å²) in [5, 5.41) is 0.856. The first-order valence-corrected chi connectivity index (χ1v) is 9.71. The first-order valence-electron chi connectivity index (χ1n) is 9.71. The van der Waals surface area contributed by atoms with Crippen LogP contribution in [0.4, 0.5) is 0 Å². The van der Waals surface area contributed by atoms with Crippen LogP contribution in [0.1, 0.15) is 6.42 Å². The number of rotatable bonds is 3. The van der Waals surface area contributed by atoms with E-state index in [-0.39, 0.29) is 42.0 Å². The Morgan fingerprint density at radius 2 is 1.71 bits per heavy atom. The van der Waals surface area contributed by atoms with E-state index in [1.54, 1.807) is 18.3 Å². The van der Waals surface area contributed by atoms with Crippen molar-refractivity contribution in [3.05, 3.63) is 48.7 Å². The SMILES string of the molecule is O=C(CN1C(=O)[C@@H]2[C@H]3C=C[C@@H]([C@@H]4C[C@@H]34)[C@@H]2C1=O)Oc1cccc2cccnc12. The number of benzene rings is 1. The van der Waals surface area contributed by atoms with Gasteiger partial charge in [-0.15, -0.1) is 0 Å². The van der Waals surface area contributed by atoms with Crippen molar-refractivity contribution in [2.45, 2.75) is 6.42 Å². The topological polar surface area (TPSA) is 76.6 Å². The summed E-state index contributed by atoms with van der Waals surface area (Å²) >= 11 is 0. The third-order valence-electron chi connectivity index (χ3n) is 6.86. The Morgan fingerprint density at radius 3 is 2.43 bits per heavy atom. The highest BCUT2D eigenvalue weighted by atomic mass is 16.5. The molecule has 3 fully saturated rings. The molecule has 1 aromatic heterocycles. The molecule has 1 saturated heterocycles. The zero-order valence-corrected chi connectivity index (χ0v) is 15.0. The summed E-state index contributed by atoms with van der Waals surface area (Å²) in [4.78, 5) is 43.8. The Bertz CT molecular complexity index is 1040. The molecule has 0 N–H and O–H groups in total. The van der Waals surface area contributed by atoms with Crippen LogP contribution in [0.2, 0.25) is 0 Å². The van der Waals surface area contributed by atoms with E-state index < -0.39 is 5.97 Å². The number of carbonyl (C=O) groups excluding carboxylic acids is 3. The molecule has 1 aromatic carbocycles. The number of imide groups is 1. The lowest BCUT2D eigenvalue weighted by molar-refractivity contribution is -0.148. The highest BCUT2D eigenvalue weighted by molar-refractivity contribution is 6.08. The molecule has 2 saturated carbocycles. The molecule has 7 rings (SSSR count). The third-order valence-corrected chi connectivity index (χ3v) is 6.86. The number of ether oxygens (including phenoxy) is 1. The molecule has 6 nitrogen and oxygen atoms in total. The number of carbonyl (C=O) groups is 3. The highest BCUT2D eigenvalue weighted by Crippen LogP contribution is 2.65. The zero-order valence-electron chi connectivity index (χ0n) is 15.0. The second-order valence-electron chi connectivity index (χ2n) is 8.22. The number of allylic oxidation sites excluding steroid dienone is 2. The second-order valence-corrected chi connectivity index (χ2v) is 8.22. The first kappa shape index (κ1) is 16.0. The van der Waals surface area contributed by atoms with Crippen molar-refractivity contribution in [1.29, 1.82) is 0 Å². The van der Waals surface area contributed by atoms with Crippen molar-refractivity contribution in [3.8, 4) is 5.75 Å². The van der Waals surface area contributed by atoms with Crippen LogP contribution in [0.3, 0.4) is 0 Å². The number of pyridine rings is 1. The zero-order chi connectivity index (χ0) is 19.0. The molecule has 5 aliphatic rings. The van der Waals surface area contributed by atoms with Gasteiger partial charge < -0.3 is 4.74 Å². The maximum absolute atomic E-state index is 13.0. The molecule has 6 heteroatoms.